The quantitative estimate of drug-likeness (QED) is 0.641. The summed E-state index contributed by atoms with van der Waals surface area (Å²) in [7, 11) is 0. The number of hydrogen-bond donors (Lipinski definition) is 3. The fraction of sp³-hybridized carbons (Fsp3) is 0.273. The number of Topliss-reactive ketones (excluding diaryl/α,β-unsaturated/α-hetero) is 1. The van der Waals surface area contributed by atoms with Crippen LogP contribution in [0.15, 0.2) is 18.2 Å². The molecule has 0 saturated heterocycles. The van der Waals surface area contributed by atoms with Gasteiger partial charge in [-0.3, -0.25) is 9.59 Å². The fourth-order valence-corrected chi connectivity index (χ4v) is 1.42. The summed E-state index contributed by atoms with van der Waals surface area (Å²) in [6, 6.07) is 3.10. The Morgan fingerprint density at radius 1 is 1.35 bits per heavy atom. The van der Waals surface area contributed by atoms with Crippen LogP contribution < -0.4 is 5.73 Å². The van der Waals surface area contributed by atoms with Gasteiger partial charge in [0.2, 0.25) is 5.91 Å². The molecular formula is C11H12FNO4. The highest BCUT2D eigenvalue weighted by molar-refractivity contribution is 5.96. The Balaban J connectivity index is 3.23. The molecule has 1 aromatic rings. The van der Waals surface area contributed by atoms with Gasteiger partial charge in [0.1, 0.15) is 11.9 Å². The number of carbonyl (C=O) groups excluding carboxylic acids is 2. The van der Waals surface area contributed by atoms with Crippen molar-refractivity contribution < 1.29 is 24.2 Å². The maximum absolute atomic E-state index is 13.0. The van der Waals surface area contributed by atoms with Crippen LogP contribution in [0, 0.1) is 5.82 Å². The summed E-state index contributed by atoms with van der Waals surface area (Å²) in [5.74, 6) is -2.27. The number of aliphatic hydroxyl groups is 2. The monoisotopic (exact) mass is 241 g/mol. The SMILES string of the molecule is CC(=O)c1ccc(F)cc1C(O)C(O)C(N)=O. The van der Waals surface area contributed by atoms with Crippen molar-refractivity contribution in [1.82, 2.24) is 0 Å². The Labute approximate surface area is 96.7 Å². The molecule has 0 aliphatic carbocycles. The van der Waals surface area contributed by atoms with Gasteiger partial charge in [0.05, 0.1) is 0 Å². The van der Waals surface area contributed by atoms with Crippen LogP contribution in [0.25, 0.3) is 0 Å². The third-order valence-corrected chi connectivity index (χ3v) is 2.30. The zero-order valence-electron chi connectivity index (χ0n) is 9.05. The van der Waals surface area contributed by atoms with Crippen LogP contribution in [0.5, 0.6) is 0 Å². The highest BCUT2D eigenvalue weighted by atomic mass is 19.1. The third-order valence-electron chi connectivity index (χ3n) is 2.30. The second-order valence-electron chi connectivity index (χ2n) is 3.58. The normalized spacial score (nSPS) is 14.1. The van der Waals surface area contributed by atoms with Crippen LogP contribution in [0.2, 0.25) is 0 Å². The zero-order valence-corrected chi connectivity index (χ0v) is 9.05. The van der Waals surface area contributed by atoms with Crippen molar-refractivity contribution in [3.63, 3.8) is 0 Å². The van der Waals surface area contributed by atoms with Crippen LogP contribution in [0.4, 0.5) is 4.39 Å². The number of ketones is 1. The largest absolute Gasteiger partial charge is 0.385 e. The smallest absolute Gasteiger partial charge is 0.249 e. The summed E-state index contributed by atoms with van der Waals surface area (Å²) in [5.41, 5.74) is 4.67. The molecular weight excluding hydrogens is 229 g/mol. The average Bonchev–Trinajstić information content (AvgIpc) is 2.26. The fourth-order valence-electron chi connectivity index (χ4n) is 1.42. The molecule has 0 aromatic heterocycles. The van der Waals surface area contributed by atoms with Gasteiger partial charge in [0, 0.05) is 5.56 Å². The van der Waals surface area contributed by atoms with Gasteiger partial charge in [-0.2, -0.15) is 0 Å². The standard InChI is InChI=1S/C11H12FNO4/c1-5(14)7-3-2-6(12)4-8(7)9(15)10(16)11(13)17/h2-4,9-10,15-16H,1H3,(H2,13,17). The molecule has 2 atom stereocenters. The number of amides is 1. The van der Waals surface area contributed by atoms with Crippen molar-refractivity contribution in [2.24, 2.45) is 5.73 Å². The number of hydrogen-bond acceptors (Lipinski definition) is 4. The summed E-state index contributed by atoms with van der Waals surface area (Å²) < 4.78 is 13.0. The first-order valence-corrected chi connectivity index (χ1v) is 4.80. The van der Waals surface area contributed by atoms with Crippen LogP contribution in [-0.4, -0.2) is 28.0 Å². The predicted octanol–water partition coefficient (Wildman–Crippen LogP) is -0.0921. The van der Waals surface area contributed by atoms with Gasteiger partial charge in [-0.15, -0.1) is 0 Å². The van der Waals surface area contributed by atoms with E-state index in [1.54, 1.807) is 0 Å². The number of aliphatic hydroxyl groups excluding tert-OH is 2. The average molecular weight is 241 g/mol. The van der Waals surface area contributed by atoms with E-state index in [9.17, 15) is 24.2 Å². The summed E-state index contributed by atoms with van der Waals surface area (Å²) in [4.78, 5) is 22.0. The first-order valence-electron chi connectivity index (χ1n) is 4.80. The van der Waals surface area contributed by atoms with Gasteiger partial charge >= 0.3 is 0 Å². The van der Waals surface area contributed by atoms with E-state index in [4.69, 9.17) is 5.73 Å². The number of carbonyl (C=O) groups is 2. The molecule has 0 bridgehead atoms. The first-order chi connectivity index (χ1) is 7.84. The molecule has 4 N–H and O–H groups in total. The van der Waals surface area contributed by atoms with E-state index in [0.29, 0.717) is 0 Å². The minimum absolute atomic E-state index is 0.0270. The van der Waals surface area contributed by atoms with Crippen molar-refractivity contribution in [3.8, 4) is 0 Å². The lowest BCUT2D eigenvalue weighted by Gasteiger charge is -2.17. The Morgan fingerprint density at radius 2 is 1.94 bits per heavy atom. The van der Waals surface area contributed by atoms with E-state index in [2.05, 4.69) is 0 Å². The van der Waals surface area contributed by atoms with Crippen LogP contribution in [0.3, 0.4) is 0 Å². The molecule has 17 heavy (non-hydrogen) atoms. The molecule has 1 amide bonds. The lowest BCUT2D eigenvalue weighted by Crippen LogP contribution is -2.34. The Bertz CT molecular complexity index is 461. The van der Waals surface area contributed by atoms with Gasteiger partial charge < -0.3 is 15.9 Å². The molecule has 0 aliphatic heterocycles. The summed E-state index contributed by atoms with van der Waals surface area (Å²) in [6.07, 6.45) is -3.63. The van der Waals surface area contributed by atoms with Gasteiger partial charge in [0.15, 0.2) is 11.9 Å². The number of halogens is 1. The molecule has 0 saturated carbocycles. The summed E-state index contributed by atoms with van der Waals surface area (Å²) in [6.45, 7) is 1.22. The summed E-state index contributed by atoms with van der Waals surface area (Å²) >= 11 is 0. The second kappa shape index (κ2) is 5.03. The predicted molar refractivity (Wildman–Crippen MR) is 56.6 cm³/mol. The van der Waals surface area contributed by atoms with Crippen molar-refractivity contribution in [2.45, 2.75) is 19.1 Å². The van der Waals surface area contributed by atoms with E-state index < -0.39 is 29.7 Å². The molecule has 0 fully saturated rings. The zero-order chi connectivity index (χ0) is 13.2. The molecule has 5 nitrogen and oxygen atoms in total. The van der Waals surface area contributed by atoms with Gasteiger partial charge in [-0.1, -0.05) is 0 Å². The molecule has 1 rings (SSSR count). The molecule has 1 aromatic carbocycles. The maximum Gasteiger partial charge on any atom is 0.249 e. The van der Waals surface area contributed by atoms with Gasteiger partial charge in [-0.25, -0.2) is 4.39 Å². The van der Waals surface area contributed by atoms with Crippen LogP contribution >= 0.6 is 0 Å². The maximum atomic E-state index is 13.0. The van der Waals surface area contributed by atoms with Crippen molar-refractivity contribution in [2.75, 3.05) is 0 Å². The first kappa shape index (κ1) is 13.3. The van der Waals surface area contributed by atoms with Crippen molar-refractivity contribution >= 4 is 11.7 Å². The minimum Gasteiger partial charge on any atom is -0.385 e. The molecule has 0 heterocycles. The molecule has 2 unspecified atom stereocenters. The highest BCUT2D eigenvalue weighted by Gasteiger charge is 2.26. The lowest BCUT2D eigenvalue weighted by atomic mass is 9.96. The molecule has 6 heteroatoms. The number of benzene rings is 1. The van der Waals surface area contributed by atoms with Crippen LogP contribution in [-0.2, 0) is 4.79 Å². The van der Waals surface area contributed by atoms with Crippen molar-refractivity contribution in [1.29, 1.82) is 0 Å². The molecule has 92 valence electrons. The van der Waals surface area contributed by atoms with Crippen molar-refractivity contribution in [3.05, 3.63) is 35.1 Å². The summed E-state index contributed by atoms with van der Waals surface area (Å²) in [5, 5.41) is 18.9. The van der Waals surface area contributed by atoms with Gasteiger partial charge in [-0.05, 0) is 30.7 Å². The number of primary amides is 1. The van der Waals surface area contributed by atoms with E-state index in [-0.39, 0.29) is 11.1 Å². The minimum atomic E-state index is -1.89. The third kappa shape index (κ3) is 2.86. The van der Waals surface area contributed by atoms with Gasteiger partial charge in [0.25, 0.3) is 0 Å². The lowest BCUT2D eigenvalue weighted by molar-refractivity contribution is -0.132. The van der Waals surface area contributed by atoms with E-state index >= 15 is 0 Å². The Hall–Kier alpha value is -1.79. The molecule has 0 spiro atoms. The highest BCUT2D eigenvalue weighted by Crippen LogP contribution is 2.22. The number of nitrogens with two attached hydrogens (primary N) is 1. The molecule has 0 aliphatic rings. The topological polar surface area (TPSA) is 101 Å². The van der Waals surface area contributed by atoms with E-state index in [1.165, 1.54) is 13.0 Å². The Morgan fingerprint density at radius 3 is 2.41 bits per heavy atom. The van der Waals surface area contributed by atoms with E-state index in [1.807, 2.05) is 0 Å². The second-order valence-corrected chi connectivity index (χ2v) is 3.58. The van der Waals surface area contributed by atoms with E-state index in [0.717, 1.165) is 12.1 Å². The Kier molecular flexibility index (Phi) is 3.93. The molecule has 0 radical (unpaired) electrons. The number of rotatable bonds is 4. The van der Waals surface area contributed by atoms with Crippen LogP contribution in [0.1, 0.15) is 28.9 Å².